The second kappa shape index (κ2) is 4.93. The number of carbonyl (C=O) groups excluding carboxylic acids is 1. The van der Waals surface area contributed by atoms with Crippen molar-refractivity contribution >= 4 is 6.29 Å². The van der Waals surface area contributed by atoms with Crippen LogP contribution in [0.4, 0.5) is 0 Å². The van der Waals surface area contributed by atoms with E-state index in [0.29, 0.717) is 11.3 Å². The third-order valence-corrected chi connectivity index (χ3v) is 8.32. The van der Waals surface area contributed by atoms with E-state index in [1.165, 1.54) is 32.0 Å². The highest BCUT2D eigenvalue weighted by molar-refractivity contribution is 5.56. The summed E-state index contributed by atoms with van der Waals surface area (Å²) >= 11 is 0. The van der Waals surface area contributed by atoms with Gasteiger partial charge in [-0.25, -0.2) is 0 Å². The fourth-order valence-corrected chi connectivity index (χ4v) is 6.91. The summed E-state index contributed by atoms with van der Waals surface area (Å²) in [5.74, 6) is 2.59. The molecule has 1 N–H and O–H groups in total. The van der Waals surface area contributed by atoms with Gasteiger partial charge in [-0.2, -0.15) is 0 Å². The minimum absolute atomic E-state index is 0.115. The van der Waals surface area contributed by atoms with Crippen LogP contribution < -0.4 is 0 Å². The molecule has 3 fully saturated rings. The zero-order valence-corrected chi connectivity index (χ0v) is 14.1. The minimum atomic E-state index is -0.115. The summed E-state index contributed by atoms with van der Waals surface area (Å²) in [5, 5.41) is 10.0. The Hall–Kier alpha value is -0.630. The minimum Gasteiger partial charge on any atom is -0.393 e. The number of hydrogen-bond acceptors (Lipinski definition) is 2. The smallest absolute Gasteiger partial charge is 0.123 e. The van der Waals surface area contributed by atoms with Crippen LogP contribution in [0.5, 0.6) is 0 Å². The van der Waals surface area contributed by atoms with Gasteiger partial charge >= 0.3 is 0 Å². The lowest BCUT2D eigenvalue weighted by Gasteiger charge is -2.57. The molecule has 0 radical (unpaired) electrons. The van der Waals surface area contributed by atoms with E-state index in [-0.39, 0.29) is 11.5 Å². The van der Waals surface area contributed by atoms with Crippen LogP contribution in [0.25, 0.3) is 0 Å². The van der Waals surface area contributed by atoms with E-state index in [1.54, 1.807) is 5.57 Å². The quantitative estimate of drug-likeness (QED) is 0.584. The van der Waals surface area contributed by atoms with Crippen LogP contribution in [0.3, 0.4) is 0 Å². The zero-order chi connectivity index (χ0) is 15.5. The van der Waals surface area contributed by atoms with Gasteiger partial charge in [0.2, 0.25) is 0 Å². The SMILES string of the molecule is C[C@]12CCC(O)CC1=CC[C@@H]1[C@H]2CC[C@]2(C)C(C=O)CC[C@@H]12. The number of allylic oxidation sites excluding steroid dienone is 1. The van der Waals surface area contributed by atoms with E-state index in [0.717, 1.165) is 43.4 Å². The molecule has 0 aromatic heterocycles. The topological polar surface area (TPSA) is 37.3 Å². The molecule has 0 aromatic carbocycles. The lowest BCUT2D eigenvalue weighted by Crippen LogP contribution is -2.50. The molecule has 0 saturated heterocycles. The van der Waals surface area contributed by atoms with Crippen molar-refractivity contribution in [3.05, 3.63) is 11.6 Å². The second-order valence-electron chi connectivity index (χ2n) is 9.02. The van der Waals surface area contributed by atoms with Crippen LogP contribution in [0, 0.1) is 34.5 Å². The van der Waals surface area contributed by atoms with Gasteiger partial charge in [0.25, 0.3) is 0 Å². The van der Waals surface area contributed by atoms with E-state index in [4.69, 9.17) is 0 Å². The normalized spacial score (nSPS) is 54.0. The highest BCUT2D eigenvalue weighted by Crippen LogP contribution is 2.65. The summed E-state index contributed by atoms with van der Waals surface area (Å²) < 4.78 is 0. The van der Waals surface area contributed by atoms with E-state index >= 15 is 0 Å². The molecule has 7 atom stereocenters. The molecule has 0 heterocycles. The molecular weight excluding hydrogens is 272 g/mol. The molecule has 0 bridgehead atoms. The Bertz CT molecular complexity index is 510. The van der Waals surface area contributed by atoms with Gasteiger partial charge in [0.15, 0.2) is 0 Å². The van der Waals surface area contributed by atoms with Crippen LogP contribution in [0.15, 0.2) is 11.6 Å². The van der Waals surface area contributed by atoms with Crippen LogP contribution in [-0.4, -0.2) is 17.5 Å². The summed E-state index contributed by atoms with van der Waals surface area (Å²) in [5.41, 5.74) is 2.13. The Morgan fingerprint density at radius 2 is 1.95 bits per heavy atom. The van der Waals surface area contributed by atoms with Gasteiger partial charge in [-0.1, -0.05) is 25.5 Å². The first kappa shape index (κ1) is 14.9. The summed E-state index contributed by atoms with van der Waals surface area (Å²) in [6.07, 6.45) is 12.7. The first-order chi connectivity index (χ1) is 10.5. The molecule has 0 spiro atoms. The van der Waals surface area contributed by atoms with Gasteiger partial charge in [-0.15, -0.1) is 0 Å². The first-order valence-corrected chi connectivity index (χ1v) is 9.32. The predicted octanol–water partition coefficient (Wildman–Crippen LogP) is 4.13. The number of hydrogen-bond donors (Lipinski definition) is 1. The molecule has 0 aromatic rings. The molecule has 0 aliphatic heterocycles. The molecule has 4 aliphatic rings. The van der Waals surface area contributed by atoms with Gasteiger partial charge in [0, 0.05) is 5.92 Å². The maximum atomic E-state index is 11.5. The molecule has 4 aliphatic carbocycles. The van der Waals surface area contributed by atoms with Gasteiger partial charge in [-0.05, 0) is 80.0 Å². The second-order valence-corrected chi connectivity index (χ2v) is 9.02. The Balaban J connectivity index is 1.67. The molecule has 3 saturated carbocycles. The summed E-state index contributed by atoms with van der Waals surface area (Å²) in [4.78, 5) is 11.5. The van der Waals surface area contributed by atoms with E-state index in [2.05, 4.69) is 19.9 Å². The molecule has 2 unspecified atom stereocenters. The Morgan fingerprint density at radius 1 is 1.14 bits per heavy atom. The molecule has 122 valence electrons. The van der Waals surface area contributed by atoms with Crippen molar-refractivity contribution < 1.29 is 9.90 Å². The van der Waals surface area contributed by atoms with Gasteiger partial charge in [0.05, 0.1) is 6.10 Å². The fraction of sp³-hybridized carbons (Fsp3) is 0.850. The van der Waals surface area contributed by atoms with Crippen molar-refractivity contribution in [2.24, 2.45) is 34.5 Å². The van der Waals surface area contributed by atoms with Crippen molar-refractivity contribution in [1.29, 1.82) is 0 Å². The average Bonchev–Trinajstić information content (AvgIpc) is 2.84. The molecule has 0 amide bonds. The van der Waals surface area contributed by atoms with Crippen molar-refractivity contribution in [2.45, 2.75) is 71.3 Å². The van der Waals surface area contributed by atoms with E-state index in [1.807, 2.05) is 0 Å². The lowest BCUT2D eigenvalue weighted by atomic mass is 9.47. The molecule has 22 heavy (non-hydrogen) atoms. The van der Waals surface area contributed by atoms with Crippen molar-refractivity contribution in [3.63, 3.8) is 0 Å². The van der Waals surface area contributed by atoms with Crippen LogP contribution in [0.1, 0.15) is 65.2 Å². The number of aldehydes is 1. The highest BCUT2D eigenvalue weighted by atomic mass is 16.3. The summed E-state index contributed by atoms with van der Waals surface area (Å²) in [7, 11) is 0. The number of aliphatic hydroxyl groups is 1. The van der Waals surface area contributed by atoms with Gasteiger partial charge < -0.3 is 9.90 Å². The standard InChI is InChI=1S/C20H30O2/c1-19-9-7-15(22)11-13(19)3-5-16-17-6-4-14(12-21)20(17,2)10-8-18(16)19/h3,12,14-18,22H,4-11H2,1-2H3/t14?,15?,16-,17-,18+,19-,20+/m0/s1. The first-order valence-electron chi connectivity index (χ1n) is 9.32. The van der Waals surface area contributed by atoms with Crippen molar-refractivity contribution in [3.8, 4) is 0 Å². The Morgan fingerprint density at radius 3 is 2.73 bits per heavy atom. The maximum Gasteiger partial charge on any atom is 0.123 e. The largest absolute Gasteiger partial charge is 0.393 e. The number of carbonyl (C=O) groups is 1. The Kier molecular flexibility index (Phi) is 3.35. The fourth-order valence-electron chi connectivity index (χ4n) is 6.91. The van der Waals surface area contributed by atoms with Crippen molar-refractivity contribution in [2.75, 3.05) is 0 Å². The molecular formula is C20H30O2. The summed E-state index contributed by atoms with van der Waals surface area (Å²) in [6, 6.07) is 0. The summed E-state index contributed by atoms with van der Waals surface area (Å²) in [6.45, 7) is 4.86. The molecule has 4 rings (SSSR count). The third kappa shape index (κ3) is 1.85. The monoisotopic (exact) mass is 302 g/mol. The lowest BCUT2D eigenvalue weighted by molar-refractivity contribution is -0.117. The van der Waals surface area contributed by atoms with Crippen molar-refractivity contribution in [1.82, 2.24) is 0 Å². The van der Waals surface area contributed by atoms with Crippen LogP contribution in [0.2, 0.25) is 0 Å². The molecule has 2 nitrogen and oxygen atoms in total. The molecule has 2 heteroatoms. The number of rotatable bonds is 1. The van der Waals surface area contributed by atoms with E-state index in [9.17, 15) is 9.90 Å². The average molecular weight is 302 g/mol. The Labute approximate surface area is 134 Å². The van der Waals surface area contributed by atoms with Crippen LogP contribution in [-0.2, 0) is 4.79 Å². The van der Waals surface area contributed by atoms with Gasteiger partial charge in [-0.3, -0.25) is 0 Å². The van der Waals surface area contributed by atoms with Gasteiger partial charge in [0.1, 0.15) is 6.29 Å². The third-order valence-electron chi connectivity index (χ3n) is 8.32. The number of fused-ring (bicyclic) bond motifs is 5. The predicted molar refractivity (Wildman–Crippen MR) is 87.3 cm³/mol. The zero-order valence-electron chi connectivity index (χ0n) is 14.1. The number of aliphatic hydroxyl groups excluding tert-OH is 1. The van der Waals surface area contributed by atoms with E-state index < -0.39 is 0 Å². The maximum absolute atomic E-state index is 11.5. The highest BCUT2D eigenvalue weighted by Gasteiger charge is 2.58. The van der Waals surface area contributed by atoms with Crippen LogP contribution >= 0.6 is 0 Å².